The topological polar surface area (TPSA) is 169 Å². The van der Waals surface area contributed by atoms with E-state index in [1.807, 2.05) is 67.4 Å². The third kappa shape index (κ3) is 10.2. The molecule has 69 heavy (non-hydrogen) atoms. The first-order valence-corrected chi connectivity index (χ1v) is 24.0. The minimum absolute atomic E-state index is 0.0401. The molecule has 0 radical (unpaired) electrons. The highest BCUT2D eigenvalue weighted by atomic mass is 16.5. The summed E-state index contributed by atoms with van der Waals surface area (Å²) in [7, 11) is 1.91. The van der Waals surface area contributed by atoms with Crippen molar-refractivity contribution >= 4 is 46.3 Å². The van der Waals surface area contributed by atoms with Crippen molar-refractivity contribution in [2.75, 3.05) is 45.9 Å². The maximum absolute atomic E-state index is 13.6. The summed E-state index contributed by atoms with van der Waals surface area (Å²) in [6.45, 7) is 23.2. The van der Waals surface area contributed by atoms with Crippen LogP contribution in [0.3, 0.4) is 0 Å². The van der Waals surface area contributed by atoms with Crippen LogP contribution < -0.4 is 10.1 Å². The van der Waals surface area contributed by atoms with Gasteiger partial charge in [0, 0.05) is 79.8 Å². The molecule has 0 spiro atoms. The van der Waals surface area contributed by atoms with Crippen molar-refractivity contribution in [3.8, 4) is 16.9 Å². The van der Waals surface area contributed by atoms with E-state index in [1.165, 1.54) is 18.9 Å². The predicted octanol–water partition coefficient (Wildman–Crippen LogP) is 8.01. The van der Waals surface area contributed by atoms with Crippen molar-refractivity contribution in [3.63, 3.8) is 0 Å². The molecule has 2 fully saturated rings. The molecule has 8 rings (SSSR count). The highest BCUT2D eigenvalue weighted by Crippen LogP contribution is 2.40. The molecule has 3 aliphatic heterocycles. The molecule has 0 saturated carbocycles. The van der Waals surface area contributed by atoms with Crippen molar-refractivity contribution in [1.29, 1.82) is 0 Å². The van der Waals surface area contributed by atoms with Crippen LogP contribution in [-0.4, -0.2) is 116 Å². The number of hydrogen-bond acceptors (Lipinski definition) is 9. The maximum atomic E-state index is 13.6. The lowest BCUT2D eigenvalue weighted by molar-refractivity contribution is -0.135. The zero-order valence-electron chi connectivity index (χ0n) is 41.1. The minimum atomic E-state index is -1.01. The maximum Gasteiger partial charge on any atom is 0.352 e. The second kappa shape index (κ2) is 21.5. The van der Waals surface area contributed by atoms with Crippen molar-refractivity contribution in [1.82, 2.24) is 34.4 Å². The molecule has 0 bridgehead atoms. The molecule has 5 aromatic rings. The van der Waals surface area contributed by atoms with Gasteiger partial charge in [0.15, 0.2) is 6.61 Å². The molecule has 0 aliphatic carbocycles. The number of carboxylic acid groups (broad SMARTS) is 1. The van der Waals surface area contributed by atoms with E-state index in [9.17, 15) is 29.1 Å². The van der Waals surface area contributed by atoms with Crippen LogP contribution in [0.4, 0.5) is 0 Å². The quantitative estimate of drug-likeness (QED) is 0.0562. The predicted molar refractivity (Wildman–Crippen MR) is 266 cm³/mol. The van der Waals surface area contributed by atoms with Crippen LogP contribution in [0.2, 0.25) is 0 Å². The molecule has 15 nitrogen and oxygen atoms in total. The summed E-state index contributed by atoms with van der Waals surface area (Å²) in [6, 6.07) is 15.7. The van der Waals surface area contributed by atoms with E-state index in [-0.39, 0.29) is 41.5 Å². The van der Waals surface area contributed by atoms with Crippen molar-refractivity contribution in [2.24, 2.45) is 7.05 Å². The Labute approximate surface area is 404 Å². The largest absolute Gasteiger partial charge is 0.494 e. The van der Waals surface area contributed by atoms with Gasteiger partial charge in [-0.05, 0) is 82.2 Å². The molecule has 15 heteroatoms. The van der Waals surface area contributed by atoms with Crippen molar-refractivity contribution < 1.29 is 38.6 Å². The molecule has 2 aromatic heterocycles. The summed E-state index contributed by atoms with van der Waals surface area (Å²) in [6.07, 6.45) is 4.41. The fourth-order valence-electron chi connectivity index (χ4n) is 9.58. The Kier molecular flexibility index (Phi) is 15.6. The summed E-state index contributed by atoms with van der Waals surface area (Å²) in [4.78, 5) is 71.4. The highest BCUT2D eigenvalue weighted by molar-refractivity contribution is 6.24. The number of carboxylic acids is 1. The summed E-state index contributed by atoms with van der Waals surface area (Å²) in [5.74, 6) is -2.27. The lowest BCUT2D eigenvalue weighted by Gasteiger charge is -2.35. The van der Waals surface area contributed by atoms with Crippen LogP contribution in [0, 0.1) is 27.7 Å². The third-order valence-corrected chi connectivity index (χ3v) is 13.5. The van der Waals surface area contributed by atoms with E-state index in [4.69, 9.17) is 14.6 Å². The molecule has 1 unspecified atom stereocenters. The number of piperidine rings is 1. The Morgan fingerprint density at radius 3 is 2.25 bits per heavy atom. The molecular weight excluding hydrogens is 875 g/mol. The second-order valence-electron chi connectivity index (χ2n) is 18.1. The number of hydrogen-bond donors (Lipinski definition) is 2. The Morgan fingerprint density at radius 2 is 1.59 bits per heavy atom. The van der Waals surface area contributed by atoms with Crippen LogP contribution in [0.15, 0.2) is 73.5 Å². The Hall–Kier alpha value is -7.00. The first-order valence-electron chi connectivity index (χ1n) is 24.0. The van der Waals surface area contributed by atoms with E-state index in [1.54, 1.807) is 17.0 Å². The van der Waals surface area contributed by atoms with Gasteiger partial charge in [-0.15, -0.1) is 0 Å². The Morgan fingerprint density at radius 1 is 0.870 bits per heavy atom. The van der Waals surface area contributed by atoms with Gasteiger partial charge in [0.1, 0.15) is 23.2 Å². The smallest absolute Gasteiger partial charge is 0.352 e. The number of piperazine rings is 1. The molecule has 4 amide bonds. The summed E-state index contributed by atoms with van der Waals surface area (Å²) in [5, 5.41) is 19.2. The highest BCUT2D eigenvalue weighted by Gasteiger charge is 2.45. The van der Waals surface area contributed by atoms with Gasteiger partial charge < -0.3 is 29.4 Å². The number of allylic oxidation sites excluding steroid dienone is 1. The second-order valence-corrected chi connectivity index (χ2v) is 18.1. The number of aryl methyl sites for hydroxylation is 5. The van der Waals surface area contributed by atoms with Crippen molar-refractivity contribution in [3.05, 3.63) is 124 Å². The number of fused-ring (bicyclic) bond motifs is 2. The van der Waals surface area contributed by atoms with Gasteiger partial charge in [0.25, 0.3) is 17.7 Å². The number of rotatable bonds is 16. The molecule has 3 aliphatic rings. The molecular formula is C54H65N7O8. The van der Waals surface area contributed by atoms with Crippen molar-refractivity contribution in [2.45, 2.75) is 92.7 Å². The number of unbranched alkanes of at least 4 members (excludes halogenated alkanes) is 1. The summed E-state index contributed by atoms with van der Waals surface area (Å²) >= 11 is 0. The molecule has 364 valence electrons. The van der Waals surface area contributed by atoms with Crippen LogP contribution >= 0.6 is 0 Å². The normalized spacial score (nSPS) is 16.1. The van der Waals surface area contributed by atoms with E-state index in [0.29, 0.717) is 76.6 Å². The van der Waals surface area contributed by atoms with Gasteiger partial charge in [-0.25, -0.2) is 4.79 Å². The standard InChI is InChI=1S/C50H55N7O8.C4H10/c1-29-12-8-9-13-35(29)34(6)64-27-11-15-36-37-19-17-30(2)42(43-32(4)52-53(7)33(43)5)45(37)56(46(36)50(62)63)26-23-54-21-24-55(25-22-54)41(58)28-65-40-16-10-14-38-44(40)49(61)57(48(38)60)39-20-18-31(3)51-47(39)59;1-3-4-2/h8-10,12-14,16-17,19,39H,3,6,11,15,18,20-28H2,1-2,4-5,7H3,(H,51,59)(H,62,63);3-4H2,1-2H3. The molecule has 2 N–H and O–H groups in total. The van der Waals surface area contributed by atoms with E-state index in [2.05, 4.69) is 50.2 Å². The average Bonchev–Trinajstić information content (AvgIpc) is 3.89. The van der Waals surface area contributed by atoms with Gasteiger partial charge >= 0.3 is 5.97 Å². The molecule has 2 saturated heterocycles. The molecule has 5 heterocycles. The van der Waals surface area contributed by atoms with Crippen LogP contribution in [-0.2, 0) is 34.3 Å². The summed E-state index contributed by atoms with van der Waals surface area (Å²) in [5.41, 5.74) is 9.38. The number of aromatic nitrogens is 3. The number of amides is 4. The van der Waals surface area contributed by atoms with Gasteiger partial charge in [-0.3, -0.25) is 33.7 Å². The number of carbonyl (C=O) groups excluding carboxylic acids is 4. The zero-order valence-corrected chi connectivity index (χ0v) is 41.1. The summed E-state index contributed by atoms with van der Waals surface area (Å²) < 4.78 is 15.8. The van der Waals surface area contributed by atoms with Gasteiger partial charge in [0.2, 0.25) is 5.91 Å². The first kappa shape index (κ1) is 49.9. The van der Waals surface area contributed by atoms with Gasteiger partial charge in [0.05, 0.1) is 28.9 Å². The Balaban J connectivity index is 0.00000169. The Bertz CT molecular complexity index is 2830. The zero-order chi connectivity index (χ0) is 49.7. The fourth-order valence-corrected chi connectivity index (χ4v) is 9.58. The van der Waals surface area contributed by atoms with Crippen LogP contribution in [0.1, 0.15) is 111 Å². The number of ether oxygens (including phenoxy) is 2. The third-order valence-electron chi connectivity index (χ3n) is 13.5. The monoisotopic (exact) mass is 939 g/mol. The number of benzene rings is 3. The van der Waals surface area contributed by atoms with Gasteiger partial charge in [-0.1, -0.05) is 82.3 Å². The van der Waals surface area contributed by atoms with Gasteiger partial charge in [-0.2, -0.15) is 5.10 Å². The number of aromatic carboxylic acids is 1. The van der Waals surface area contributed by atoms with E-state index in [0.717, 1.165) is 60.6 Å². The van der Waals surface area contributed by atoms with Crippen LogP contribution in [0.25, 0.3) is 27.8 Å². The lowest BCUT2D eigenvalue weighted by atomic mass is 9.94. The number of nitrogens with zero attached hydrogens (tertiary/aromatic N) is 6. The first-order chi connectivity index (χ1) is 33.1. The van der Waals surface area contributed by atoms with E-state index < -0.39 is 29.7 Å². The minimum Gasteiger partial charge on any atom is -0.494 e. The van der Waals surface area contributed by atoms with E-state index >= 15 is 0 Å². The number of imide groups is 1. The van der Waals surface area contributed by atoms with Crippen LogP contribution in [0.5, 0.6) is 5.75 Å². The number of carbonyl (C=O) groups is 5. The number of nitrogens with one attached hydrogen (secondary N) is 1. The average molecular weight is 940 g/mol. The SMILES string of the molecule is C=C1CCC(N2C(=O)c3cccc(OCC(=O)N4CCN(CCn5c(C(=O)O)c(CCCOC(=C)c6ccccc6C)c6ccc(C)c(-c7c(C)nn(C)c7C)c65)CC4)c3C2=O)C(=O)N1.CCCC. The lowest BCUT2D eigenvalue weighted by Crippen LogP contribution is -2.51. The molecule has 1 atom stereocenters. The fraction of sp³-hybridized carbons (Fsp3) is 0.407. The molecule has 3 aromatic carbocycles.